The van der Waals surface area contributed by atoms with Gasteiger partial charge in [-0.25, -0.2) is 9.48 Å². The predicted molar refractivity (Wildman–Crippen MR) is 264 cm³/mol. The molecule has 3 fully saturated rings. The van der Waals surface area contributed by atoms with Gasteiger partial charge in [0.2, 0.25) is 5.79 Å². The number of carbonyl (C=O) groups is 5. The number of piperidine rings is 1. The number of aromatic nitrogens is 3. The summed E-state index contributed by atoms with van der Waals surface area (Å²) in [6, 6.07) is -1.22. The molecule has 386 valence electrons. The van der Waals surface area contributed by atoms with E-state index in [9.17, 15) is 34.2 Å². The number of ether oxygens (including phenoxy) is 5. The average molecular weight is 975 g/mol. The lowest BCUT2D eigenvalue weighted by Gasteiger charge is -2.42. The van der Waals surface area contributed by atoms with Gasteiger partial charge in [0.05, 0.1) is 24.4 Å². The third kappa shape index (κ3) is 14.3. The molecule has 1 amide bonds. The largest absolute Gasteiger partial charge is 0.460 e. The minimum Gasteiger partial charge on any atom is -0.460 e. The van der Waals surface area contributed by atoms with Crippen molar-refractivity contribution in [1.29, 1.82) is 0 Å². The Morgan fingerprint density at radius 2 is 1.64 bits per heavy atom. The monoisotopic (exact) mass is 975 g/mol. The van der Waals surface area contributed by atoms with Crippen molar-refractivity contribution >= 4 is 42.7 Å². The highest BCUT2D eigenvalue weighted by atomic mass is 16.6. The number of hydrogen-bond acceptors (Lipinski definition) is 14. The van der Waals surface area contributed by atoms with Crippen LogP contribution in [-0.4, -0.2) is 144 Å². The number of cyclic esters (lactones) is 1. The Hall–Kier alpha value is -4.13. The fourth-order valence-corrected chi connectivity index (χ4v) is 10.9. The van der Waals surface area contributed by atoms with Crippen molar-refractivity contribution < 1.29 is 57.9 Å². The molecule has 2 bridgehead atoms. The molecular formula is C53H79BN4O12. The number of methoxy groups -OCH3 is 3. The maximum absolute atomic E-state index is 14.5. The highest BCUT2D eigenvalue weighted by Crippen LogP contribution is 2.39. The molecule has 70 heavy (non-hydrogen) atoms. The number of esters is 1. The average Bonchev–Trinajstić information content (AvgIpc) is 3.78. The third-order valence-electron chi connectivity index (χ3n) is 15.3. The Bertz CT molecular complexity index is 2090. The van der Waals surface area contributed by atoms with Crippen molar-refractivity contribution in [1.82, 2.24) is 19.9 Å². The van der Waals surface area contributed by atoms with Gasteiger partial charge in [-0.2, -0.15) is 0 Å². The minimum atomic E-state index is -2.44. The molecule has 2 saturated heterocycles. The van der Waals surface area contributed by atoms with Gasteiger partial charge in [0.15, 0.2) is 5.78 Å². The van der Waals surface area contributed by atoms with E-state index in [0.717, 1.165) is 18.4 Å². The zero-order valence-electron chi connectivity index (χ0n) is 43.2. The molecule has 0 spiro atoms. The lowest BCUT2D eigenvalue weighted by molar-refractivity contribution is -0.265. The number of allylic oxidation sites excluding steroid dienone is 6. The molecule has 4 heterocycles. The smallest absolute Gasteiger partial charge is 0.329 e. The van der Waals surface area contributed by atoms with E-state index in [1.54, 1.807) is 51.9 Å². The van der Waals surface area contributed by atoms with Crippen LogP contribution in [0.1, 0.15) is 132 Å². The first-order valence-electron chi connectivity index (χ1n) is 25.4. The number of nitrogens with zero attached hydrogens (tertiary/aromatic N) is 4. The van der Waals surface area contributed by atoms with Crippen LogP contribution in [0.3, 0.4) is 0 Å². The predicted octanol–water partition coefficient (Wildman–Crippen LogP) is 5.45. The summed E-state index contributed by atoms with van der Waals surface area (Å²) in [4.78, 5) is 72.4. The summed E-state index contributed by atoms with van der Waals surface area (Å²) in [6.07, 6.45) is 13.9. The highest BCUT2D eigenvalue weighted by molar-refractivity contribution is 6.39. The number of fused-ring (bicyclic) bond motifs is 3. The lowest BCUT2D eigenvalue weighted by atomic mass is 9.77. The summed E-state index contributed by atoms with van der Waals surface area (Å²) in [5, 5.41) is 31.6. The van der Waals surface area contributed by atoms with Crippen molar-refractivity contribution in [2.45, 2.75) is 180 Å². The number of amides is 1. The van der Waals surface area contributed by atoms with E-state index in [0.29, 0.717) is 62.5 Å². The van der Waals surface area contributed by atoms with Gasteiger partial charge in [-0.15, -0.1) is 5.10 Å². The van der Waals surface area contributed by atoms with Crippen LogP contribution in [-0.2, 0) is 47.7 Å². The SMILES string of the molecule is [B]c1cn([C@H]2CC[C@@H](C[C@@H](C)[C@@H]3CC(=O)[C@H](C)/C=C(\C)[C@@H](O)[C@@H](OC)C(=O)[C@H](C)C[C@H](C)/C=C/C=C/C=C(\C)[C@@H](OC)C[C@@H]4CC[C@@H](C)[C@@](O)(O4)C(=O)C(=O)N4CCCC[C@H]4C(=O)O3)C[C@H]2OC)nn1. The van der Waals surface area contributed by atoms with Gasteiger partial charge in [0.25, 0.3) is 11.7 Å². The van der Waals surface area contributed by atoms with Crippen molar-refractivity contribution in [3.63, 3.8) is 0 Å². The van der Waals surface area contributed by atoms with Crippen LogP contribution in [0.15, 0.2) is 53.8 Å². The van der Waals surface area contributed by atoms with E-state index in [2.05, 4.69) is 10.3 Å². The van der Waals surface area contributed by atoms with Crippen LogP contribution in [0, 0.1) is 35.5 Å². The first-order valence-corrected chi connectivity index (χ1v) is 25.4. The second kappa shape index (κ2) is 26.0. The maximum Gasteiger partial charge on any atom is 0.329 e. The quantitative estimate of drug-likeness (QED) is 0.151. The van der Waals surface area contributed by atoms with Gasteiger partial charge in [0, 0.05) is 70.3 Å². The summed E-state index contributed by atoms with van der Waals surface area (Å²) in [5.41, 5.74) is 1.58. The fourth-order valence-electron chi connectivity index (χ4n) is 10.9. The van der Waals surface area contributed by atoms with E-state index in [1.165, 1.54) is 12.0 Å². The highest BCUT2D eigenvalue weighted by Gasteiger charge is 2.53. The van der Waals surface area contributed by atoms with E-state index < -0.39 is 77.8 Å². The van der Waals surface area contributed by atoms with Gasteiger partial charge in [-0.3, -0.25) is 19.2 Å². The molecule has 1 aromatic heterocycles. The summed E-state index contributed by atoms with van der Waals surface area (Å²) < 4.78 is 31.6. The van der Waals surface area contributed by atoms with Gasteiger partial charge in [0.1, 0.15) is 38.0 Å². The zero-order chi connectivity index (χ0) is 51.4. The molecule has 15 atom stereocenters. The van der Waals surface area contributed by atoms with Gasteiger partial charge in [-0.05, 0) is 107 Å². The number of hydrogen-bond donors (Lipinski definition) is 2. The number of aliphatic hydroxyl groups excluding tert-OH is 1. The van der Waals surface area contributed by atoms with Crippen molar-refractivity contribution in [2.75, 3.05) is 27.9 Å². The molecule has 1 aromatic rings. The van der Waals surface area contributed by atoms with Crippen molar-refractivity contribution in [3.05, 3.63) is 53.8 Å². The minimum absolute atomic E-state index is 0.0145. The second-order valence-corrected chi connectivity index (χ2v) is 20.7. The Morgan fingerprint density at radius 1 is 0.900 bits per heavy atom. The normalized spacial score (nSPS) is 38.4. The topological polar surface area (TPSA) is 206 Å². The number of carbonyl (C=O) groups excluding carboxylic acids is 5. The molecule has 1 saturated carbocycles. The van der Waals surface area contributed by atoms with Crippen LogP contribution >= 0.6 is 0 Å². The Morgan fingerprint density at radius 3 is 2.31 bits per heavy atom. The third-order valence-corrected chi connectivity index (χ3v) is 15.3. The molecule has 0 aromatic carbocycles. The first kappa shape index (κ1) is 56.8. The number of ketones is 3. The lowest BCUT2D eigenvalue weighted by Crippen LogP contribution is -2.61. The summed E-state index contributed by atoms with van der Waals surface area (Å²) in [6.45, 7) is 12.8. The molecule has 2 N–H and O–H groups in total. The van der Waals surface area contributed by atoms with Crippen LogP contribution in [0.25, 0.3) is 0 Å². The zero-order valence-corrected chi connectivity index (χ0v) is 43.2. The Balaban J connectivity index is 1.46. The maximum atomic E-state index is 14.5. The molecule has 5 rings (SSSR count). The van der Waals surface area contributed by atoms with Crippen LogP contribution in [0.2, 0.25) is 0 Å². The van der Waals surface area contributed by atoms with E-state index in [1.807, 2.05) is 58.1 Å². The summed E-state index contributed by atoms with van der Waals surface area (Å²) in [5.74, 6) is -7.98. The fraction of sp³-hybridized carbons (Fsp3) is 0.717. The summed E-state index contributed by atoms with van der Waals surface area (Å²) in [7, 11) is 10.5. The Labute approximate surface area is 416 Å². The number of Topliss-reactive ketones (excluding diaryl/α,β-unsaturated/α-hetero) is 3. The summed E-state index contributed by atoms with van der Waals surface area (Å²) >= 11 is 0. The number of rotatable bonds is 7. The van der Waals surface area contributed by atoms with Gasteiger partial charge >= 0.3 is 5.97 Å². The first-order chi connectivity index (χ1) is 33.2. The second-order valence-electron chi connectivity index (χ2n) is 20.7. The Kier molecular flexibility index (Phi) is 21.1. The van der Waals surface area contributed by atoms with Crippen LogP contribution in [0.5, 0.6) is 0 Å². The van der Waals surface area contributed by atoms with E-state index >= 15 is 0 Å². The molecule has 16 nitrogen and oxygen atoms in total. The van der Waals surface area contributed by atoms with Crippen LogP contribution < -0.4 is 5.59 Å². The molecule has 0 unspecified atom stereocenters. The van der Waals surface area contributed by atoms with Crippen molar-refractivity contribution in [2.24, 2.45) is 35.5 Å². The molecule has 17 heteroatoms. The van der Waals surface area contributed by atoms with E-state index in [4.69, 9.17) is 31.5 Å². The standard InChI is InChI=1S/C53H79BN4O12/c1-31-16-12-11-13-17-32(2)43(66-8)28-39-21-19-37(7)53(65,70-39)50(62)51(63)57-23-15-14-18-41(57)52(64)69-44(29-42(59)33(3)25-36(6)48(61)49(68-10)47(60)35(5)24-31)34(4)26-38-20-22-40(45(27-38)67-9)58-30-46(54)55-56-58/h11-13,16-17,25,30-31,33-35,37-41,43-45,48-49,61,65H,14-15,18-24,26-29H2,1-10H3/b13-11+,16-12+,32-17+,36-25+/t31-,33-,34-,35-,37-,38+,39+,40+,41+,43+,44+,45-,48-,49+,53-/m1/s1. The van der Waals surface area contributed by atoms with Crippen LogP contribution in [0.4, 0.5) is 0 Å². The van der Waals surface area contributed by atoms with E-state index in [-0.39, 0.29) is 60.9 Å². The molecular weight excluding hydrogens is 895 g/mol. The molecule has 3 aliphatic heterocycles. The number of aliphatic hydroxyl groups is 2. The molecule has 2 radical (unpaired) electrons. The van der Waals surface area contributed by atoms with Gasteiger partial charge < -0.3 is 38.8 Å². The van der Waals surface area contributed by atoms with Gasteiger partial charge in [-0.1, -0.05) is 76.3 Å². The van der Waals surface area contributed by atoms with Crippen molar-refractivity contribution in [3.8, 4) is 0 Å². The molecule has 1 aliphatic carbocycles. The molecule has 4 aliphatic rings.